The molecule has 0 unspecified atom stereocenters. The van der Waals surface area contributed by atoms with Gasteiger partial charge in [-0.1, -0.05) is 0 Å². The summed E-state index contributed by atoms with van der Waals surface area (Å²) in [6.07, 6.45) is 1.73. The highest BCUT2D eigenvalue weighted by molar-refractivity contribution is 5.93. The van der Waals surface area contributed by atoms with Gasteiger partial charge in [0.15, 0.2) is 6.07 Å². The molecule has 0 fully saturated rings. The van der Waals surface area contributed by atoms with E-state index in [1.54, 1.807) is 6.07 Å². The first-order valence-electron chi connectivity index (χ1n) is 5.98. The zero-order valence-corrected chi connectivity index (χ0v) is 11.1. The Kier molecular flexibility index (Phi) is 3.98. The average Bonchev–Trinajstić information content (AvgIpc) is 2.48. The van der Waals surface area contributed by atoms with Crippen LogP contribution in [0.4, 0.5) is 14.5 Å². The van der Waals surface area contributed by atoms with Gasteiger partial charge in [0.1, 0.15) is 23.8 Å². The van der Waals surface area contributed by atoms with Crippen molar-refractivity contribution in [3.05, 3.63) is 41.4 Å². The number of nitriles is 1. The van der Waals surface area contributed by atoms with E-state index >= 15 is 0 Å². The number of hydrogen-bond donors (Lipinski definition) is 1. The lowest BCUT2D eigenvalue weighted by Crippen LogP contribution is -2.31. The van der Waals surface area contributed by atoms with Gasteiger partial charge < -0.3 is 10.1 Å². The molecular weight excluding hydrogens is 280 g/mol. The Labute approximate surface area is 119 Å². The zero-order chi connectivity index (χ0) is 15.5. The van der Waals surface area contributed by atoms with Crippen molar-refractivity contribution in [3.8, 4) is 6.07 Å². The van der Waals surface area contributed by atoms with Gasteiger partial charge in [-0.2, -0.15) is 5.26 Å². The number of benzene rings is 1. The van der Waals surface area contributed by atoms with E-state index in [1.165, 1.54) is 25.1 Å². The predicted octanol–water partition coefficient (Wildman–Crippen LogP) is 2.41. The largest absolute Gasteiger partial charge is 0.436 e. The number of ether oxygens (including phenoxy) is 1. The molecule has 1 N–H and O–H groups in total. The van der Waals surface area contributed by atoms with Gasteiger partial charge in [-0.05, 0) is 31.2 Å². The van der Waals surface area contributed by atoms with Crippen LogP contribution < -0.4 is 5.32 Å². The van der Waals surface area contributed by atoms with Crippen LogP contribution in [0.25, 0.3) is 0 Å². The number of hydrogen-bond acceptors (Lipinski definition) is 4. The number of amides is 1. The number of allylic oxidation sites excluding steroid dienone is 1. The summed E-state index contributed by atoms with van der Waals surface area (Å²) in [5, 5.41) is 11.2. The molecular formula is C14H11F2N3O2. The lowest BCUT2D eigenvalue weighted by atomic mass is 9.89. The number of carbonyl (C=O) groups excluding carboxylic acids is 1. The van der Waals surface area contributed by atoms with Crippen molar-refractivity contribution >= 4 is 18.0 Å². The minimum Gasteiger partial charge on any atom is -0.436 e. The minimum absolute atomic E-state index is 0.0905. The van der Waals surface area contributed by atoms with E-state index in [9.17, 15) is 13.6 Å². The Morgan fingerprint density at radius 1 is 1.57 bits per heavy atom. The summed E-state index contributed by atoms with van der Waals surface area (Å²) >= 11 is 0. The summed E-state index contributed by atoms with van der Waals surface area (Å²) in [7, 11) is 0. The third-order valence-corrected chi connectivity index (χ3v) is 2.96. The molecule has 21 heavy (non-hydrogen) atoms. The van der Waals surface area contributed by atoms with Crippen molar-refractivity contribution in [2.75, 3.05) is 12.0 Å². The van der Waals surface area contributed by atoms with Crippen molar-refractivity contribution in [2.45, 2.75) is 12.5 Å². The molecule has 1 heterocycles. The van der Waals surface area contributed by atoms with Crippen molar-refractivity contribution in [1.29, 1.82) is 5.26 Å². The summed E-state index contributed by atoms with van der Waals surface area (Å²) in [4.78, 5) is 14.3. The Morgan fingerprint density at radius 2 is 2.33 bits per heavy atom. The molecule has 1 amide bonds. The smallest absolute Gasteiger partial charge is 0.297 e. The highest BCUT2D eigenvalue weighted by Gasteiger charge is 2.37. The maximum absolute atomic E-state index is 14.1. The van der Waals surface area contributed by atoms with Gasteiger partial charge in [0.2, 0.25) is 6.41 Å². The normalized spacial score (nSPS) is 20.7. The van der Waals surface area contributed by atoms with Crippen molar-refractivity contribution in [3.63, 3.8) is 0 Å². The van der Waals surface area contributed by atoms with Gasteiger partial charge in [0.05, 0.1) is 0 Å². The van der Waals surface area contributed by atoms with Crippen LogP contribution >= 0.6 is 0 Å². The van der Waals surface area contributed by atoms with E-state index in [2.05, 4.69) is 10.3 Å². The van der Waals surface area contributed by atoms with Crippen LogP contribution in [0.1, 0.15) is 12.5 Å². The fraction of sp³-hybridized carbons (Fsp3) is 0.214. The number of halogens is 2. The van der Waals surface area contributed by atoms with Gasteiger partial charge >= 0.3 is 0 Å². The lowest BCUT2D eigenvalue weighted by molar-refractivity contribution is -0.105. The van der Waals surface area contributed by atoms with E-state index in [4.69, 9.17) is 10.00 Å². The van der Waals surface area contributed by atoms with Crippen molar-refractivity contribution < 1.29 is 18.3 Å². The van der Waals surface area contributed by atoms with Crippen molar-refractivity contribution in [1.82, 2.24) is 0 Å². The number of alkyl halides is 1. The van der Waals surface area contributed by atoms with Gasteiger partial charge in [0.25, 0.3) is 5.90 Å². The number of carbonyl (C=O) groups is 1. The molecule has 2 rings (SSSR count). The molecule has 1 atom stereocenters. The molecule has 1 aromatic rings. The predicted molar refractivity (Wildman–Crippen MR) is 71.6 cm³/mol. The van der Waals surface area contributed by atoms with Crippen LogP contribution in [0.3, 0.4) is 0 Å². The fourth-order valence-corrected chi connectivity index (χ4v) is 2.10. The summed E-state index contributed by atoms with van der Waals surface area (Å²) < 4.78 is 32.7. The second-order valence-corrected chi connectivity index (χ2v) is 4.40. The van der Waals surface area contributed by atoms with E-state index in [0.29, 0.717) is 12.1 Å². The molecule has 1 aromatic carbocycles. The Balaban J connectivity index is 2.62. The lowest BCUT2D eigenvalue weighted by Gasteiger charge is -2.28. The van der Waals surface area contributed by atoms with Gasteiger partial charge in [-0.15, -0.1) is 0 Å². The first-order valence-corrected chi connectivity index (χ1v) is 5.98. The first kappa shape index (κ1) is 14.7. The molecule has 0 bridgehead atoms. The number of aliphatic imine (C=N–C) groups is 1. The molecule has 108 valence electrons. The van der Waals surface area contributed by atoms with E-state index in [1.807, 2.05) is 0 Å². The standard InChI is InChI=1S/C14H11F2N3O2/c1-9-5-14(7-15,19-13(6-17)21-9)11-4-10(18-8-20)2-3-12(11)16/h2-5,8H,7H2,1H3,(H,18,20)/t14-/m1/s1. The molecule has 1 aliphatic rings. The maximum Gasteiger partial charge on any atom is 0.297 e. The van der Waals surface area contributed by atoms with Crippen LogP contribution in [0.15, 0.2) is 35.0 Å². The number of rotatable bonds is 4. The summed E-state index contributed by atoms with van der Waals surface area (Å²) in [5.41, 5.74) is -1.48. The van der Waals surface area contributed by atoms with Crippen LogP contribution in [0.5, 0.6) is 0 Å². The number of nitrogens with zero attached hydrogens (tertiary/aromatic N) is 2. The highest BCUT2D eigenvalue weighted by Crippen LogP contribution is 2.36. The third kappa shape index (κ3) is 2.74. The highest BCUT2D eigenvalue weighted by atomic mass is 19.1. The minimum atomic E-state index is -1.68. The molecule has 0 aromatic heterocycles. The van der Waals surface area contributed by atoms with Gasteiger partial charge in [-0.3, -0.25) is 4.79 Å². The summed E-state index contributed by atoms with van der Waals surface area (Å²) in [5.74, 6) is -0.802. The molecule has 0 aliphatic carbocycles. The third-order valence-electron chi connectivity index (χ3n) is 2.96. The molecule has 0 radical (unpaired) electrons. The average molecular weight is 291 g/mol. The van der Waals surface area contributed by atoms with E-state index in [0.717, 1.165) is 6.07 Å². The van der Waals surface area contributed by atoms with Gasteiger partial charge in [-0.25, -0.2) is 13.8 Å². The van der Waals surface area contributed by atoms with Crippen LogP contribution in [0, 0.1) is 17.1 Å². The fourth-order valence-electron chi connectivity index (χ4n) is 2.10. The van der Waals surface area contributed by atoms with Gasteiger partial charge in [0, 0.05) is 11.3 Å². The molecule has 0 spiro atoms. The Hall–Kier alpha value is -2.75. The van der Waals surface area contributed by atoms with Crippen LogP contribution in [0.2, 0.25) is 0 Å². The topological polar surface area (TPSA) is 74.5 Å². The van der Waals surface area contributed by atoms with Crippen molar-refractivity contribution in [2.24, 2.45) is 4.99 Å². The molecule has 5 nitrogen and oxygen atoms in total. The zero-order valence-electron chi connectivity index (χ0n) is 11.1. The first-order chi connectivity index (χ1) is 10.0. The SMILES string of the molecule is CC1=C[C@@](CF)(c2cc(NC=O)ccc2F)N=C(C#N)O1. The quantitative estimate of drug-likeness (QED) is 0.866. The van der Waals surface area contributed by atoms with E-state index in [-0.39, 0.29) is 17.2 Å². The second-order valence-electron chi connectivity index (χ2n) is 4.40. The molecule has 0 saturated carbocycles. The number of nitrogens with one attached hydrogen (secondary N) is 1. The maximum atomic E-state index is 14.1. The molecule has 0 saturated heterocycles. The number of anilines is 1. The summed E-state index contributed by atoms with van der Waals surface area (Å²) in [6.45, 7) is 0.461. The summed E-state index contributed by atoms with van der Waals surface area (Å²) in [6, 6.07) is 5.39. The van der Waals surface area contributed by atoms with Crippen LogP contribution in [-0.4, -0.2) is 19.0 Å². The Morgan fingerprint density at radius 3 is 2.95 bits per heavy atom. The monoisotopic (exact) mass is 291 g/mol. The Bertz CT molecular complexity index is 679. The molecule has 1 aliphatic heterocycles. The molecule has 7 heteroatoms. The van der Waals surface area contributed by atoms with E-state index < -0.39 is 18.0 Å². The van der Waals surface area contributed by atoms with Crippen LogP contribution in [-0.2, 0) is 15.1 Å². The second kappa shape index (κ2) is 5.71.